The molecule has 0 aliphatic carbocycles. The number of ether oxygens (including phenoxy) is 1. The van der Waals surface area contributed by atoms with Crippen molar-refractivity contribution in [3.8, 4) is 0 Å². The Morgan fingerprint density at radius 2 is 2.00 bits per heavy atom. The van der Waals surface area contributed by atoms with E-state index >= 15 is 0 Å². The summed E-state index contributed by atoms with van der Waals surface area (Å²) in [5, 5.41) is 9.77. The van der Waals surface area contributed by atoms with E-state index < -0.39 is 11.7 Å². The van der Waals surface area contributed by atoms with Gasteiger partial charge in [-0.15, -0.1) is 0 Å². The maximum Gasteiger partial charge on any atom is 0.410 e. The summed E-state index contributed by atoms with van der Waals surface area (Å²) in [6, 6.07) is 5.91. The van der Waals surface area contributed by atoms with E-state index in [-0.39, 0.29) is 30.5 Å². The van der Waals surface area contributed by atoms with Gasteiger partial charge in [-0.05, 0) is 38.5 Å². The summed E-state index contributed by atoms with van der Waals surface area (Å²) in [6.07, 6.45) is 0.166. The van der Waals surface area contributed by atoms with Crippen LogP contribution in [0.3, 0.4) is 0 Å². The predicted molar refractivity (Wildman–Crippen MR) is 96.5 cm³/mol. The maximum absolute atomic E-state index is 13.0. The van der Waals surface area contributed by atoms with Crippen molar-refractivity contribution in [3.63, 3.8) is 0 Å². The van der Waals surface area contributed by atoms with Gasteiger partial charge in [-0.25, -0.2) is 9.18 Å². The van der Waals surface area contributed by atoms with Crippen molar-refractivity contribution >= 4 is 12.0 Å². The Morgan fingerprint density at radius 3 is 2.67 bits per heavy atom. The molecule has 144 valence electrons. The van der Waals surface area contributed by atoms with Crippen molar-refractivity contribution in [2.45, 2.75) is 45.9 Å². The Bertz CT molecular complexity index is 840. The number of aromatic nitrogens is 2. The van der Waals surface area contributed by atoms with Gasteiger partial charge in [0.05, 0.1) is 6.54 Å². The molecule has 0 bridgehead atoms. The average molecular weight is 374 g/mol. The van der Waals surface area contributed by atoms with Crippen molar-refractivity contribution in [1.29, 1.82) is 0 Å². The number of nitrogens with zero attached hydrogens (tertiary/aromatic N) is 2. The number of nitrogens with one attached hydrogen (secondary N) is 2. The SMILES string of the molecule is CC(C)(C)OC(=O)N1CCc2[nH]nc(C(=O)NCc3ccc(F)cc3)c2C1. The van der Waals surface area contributed by atoms with Crippen molar-refractivity contribution in [2.24, 2.45) is 0 Å². The molecule has 0 unspecified atom stereocenters. The first-order valence-electron chi connectivity index (χ1n) is 8.79. The third-order valence-electron chi connectivity index (χ3n) is 4.17. The Hall–Kier alpha value is -2.90. The van der Waals surface area contributed by atoms with Crippen LogP contribution < -0.4 is 5.32 Å². The molecule has 2 N–H and O–H groups in total. The van der Waals surface area contributed by atoms with Gasteiger partial charge >= 0.3 is 6.09 Å². The minimum Gasteiger partial charge on any atom is -0.444 e. The smallest absolute Gasteiger partial charge is 0.410 e. The van der Waals surface area contributed by atoms with Gasteiger partial charge in [-0.2, -0.15) is 5.10 Å². The van der Waals surface area contributed by atoms with Crippen LogP contribution in [0.1, 0.15) is 48.1 Å². The first kappa shape index (κ1) is 18.9. The summed E-state index contributed by atoms with van der Waals surface area (Å²) in [5.74, 6) is -0.670. The van der Waals surface area contributed by atoms with Crippen molar-refractivity contribution < 1.29 is 18.7 Å². The van der Waals surface area contributed by atoms with Crippen LogP contribution in [0.25, 0.3) is 0 Å². The molecule has 8 heteroatoms. The highest BCUT2D eigenvalue weighted by atomic mass is 19.1. The number of carbonyl (C=O) groups excluding carboxylic acids is 2. The second-order valence-electron chi connectivity index (χ2n) is 7.49. The second-order valence-corrected chi connectivity index (χ2v) is 7.49. The Balaban J connectivity index is 1.67. The Labute approximate surface area is 156 Å². The number of hydrogen-bond acceptors (Lipinski definition) is 4. The number of carbonyl (C=O) groups is 2. The van der Waals surface area contributed by atoms with Gasteiger partial charge in [0.1, 0.15) is 11.4 Å². The second kappa shape index (κ2) is 7.38. The molecular weight excluding hydrogens is 351 g/mol. The van der Waals surface area contributed by atoms with Gasteiger partial charge in [0.25, 0.3) is 5.91 Å². The number of amides is 2. The van der Waals surface area contributed by atoms with E-state index in [0.29, 0.717) is 18.5 Å². The van der Waals surface area contributed by atoms with Gasteiger partial charge in [0.2, 0.25) is 0 Å². The summed E-state index contributed by atoms with van der Waals surface area (Å²) in [4.78, 5) is 26.4. The lowest BCUT2D eigenvalue weighted by molar-refractivity contribution is 0.0222. The van der Waals surface area contributed by atoms with Crippen molar-refractivity contribution in [3.05, 3.63) is 52.6 Å². The maximum atomic E-state index is 13.0. The van der Waals surface area contributed by atoms with Gasteiger partial charge in [0, 0.05) is 30.8 Å². The Kier molecular flexibility index (Phi) is 5.16. The van der Waals surface area contributed by atoms with Crippen molar-refractivity contribution in [2.75, 3.05) is 6.54 Å². The molecule has 2 heterocycles. The highest BCUT2D eigenvalue weighted by Crippen LogP contribution is 2.22. The largest absolute Gasteiger partial charge is 0.444 e. The number of fused-ring (bicyclic) bond motifs is 1. The molecule has 0 radical (unpaired) electrons. The van der Waals surface area contributed by atoms with Crippen LogP contribution in [0.5, 0.6) is 0 Å². The van der Waals surface area contributed by atoms with Crippen LogP contribution >= 0.6 is 0 Å². The summed E-state index contributed by atoms with van der Waals surface area (Å²) in [5.41, 5.74) is 2.01. The lowest BCUT2D eigenvalue weighted by atomic mass is 10.1. The molecule has 0 saturated carbocycles. The molecule has 0 saturated heterocycles. The standard InChI is InChI=1S/C19H23FN4O3/c1-19(2,3)27-18(26)24-9-8-15-14(11-24)16(23-22-15)17(25)21-10-12-4-6-13(20)7-5-12/h4-7H,8-11H2,1-3H3,(H,21,25)(H,22,23). The quantitative estimate of drug-likeness (QED) is 0.865. The summed E-state index contributed by atoms with van der Waals surface area (Å²) < 4.78 is 18.4. The van der Waals surface area contributed by atoms with Gasteiger partial charge < -0.3 is 15.0 Å². The monoisotopic (exact) mass is 374 g/mol. The van der Waals surface area contributed by atoms with Crippen LogP contribution in [0.2, 0.25) is 0 Å². The van der Waals surface area contributed by atoms with Crippen LogP contribution in [-0.4, -0.2) is 39.2 Å². The molecular formula is C19H23FN4O3. The predicted octanol–water partition coefficient (Wildman–Crippen LogP) is 2.77. The summed E-state index contributed by atoms with van der Waals surface area (Å²) in [7, 11) is 0. The van der Waals surface area contributed by atoms with E-state index in [1.54, 1.807) is 17.0 Å². The lowest BCUT2D eigenvalue weighted by Crippen LogP contribution is -2.40. The van der Waals surface area contributed by atoms with Crippen LogP contribution in [0.4, 0.5) is 9.18 Å². The first-order valence-corrected chi connectivity index (χ1v) is 8.79. The third-order valence-corrected chi connectivity index (χ3v) is 4.17. The zero-order valence-corrected chi connectivity index (χ0v) is 15.6. The summed E-state index contributed by atoms with van der Waals surface area (Å²) >= 11 is 0. The fourth-order valence-corrected chi connectivity index (χ4v) is 2.83. The number of halogens is 1. The molecule has 1 aromatic heterocycles. The van der Waals surface area contributed by atoms with Crippen LogP contribution in [0.15, 0.2) is 24.3 Å². The minimum absolute atomic E-state index is 0.260. The zero-order chi connectivity index (χ0) is 19.6. The third kappa shape index (κ3) is 4.64. The van der Waals surface area contributed by atoms with Gasteiger partial charge in [0.15, 0.2) is 5.69 Å². The van der Waals surface area contributed by atoms with E-state index in [1.165, 1.54) is 12.1 Å². The van der Waals surface area contributed by atoms with E-state index in [0.717, 1.165) is 11.3 Å². The van der Waals surface area contributed by atoms with E-state index in [9.17, 15) is 14.0 Å². The van der Waals surface area contributed by atoms with Crippen molar-refractivity contribution in [1.82, 2.24) is 20.4 Å². The number of benzene rings is 1. The molecule has 1 aromatic carbocycles. The molecule has 0 fully saturated rings. The molecule has 7 nitrogen and oxygen atoms in total. The van der Waals surface area contributed by atoms with E-state index in [2.05, 4.69) is 15.5 Å². The molecule has 27 heavy (non-hydrogen) atoms. The molecule has 1 aliphatic heterocycles. The number of rotatable bonds is 3. The van der Waals surface area contributed by atoms with E-state index in [1.807, 2.05) is 20.8 Å². The molecule has 0 spiro atoms. The van der Waals surface area contributed by atoms with Gasteiger partial charge in [-0.1, -0.05) is 12.1 Å². The molecule has 2 amide bonds. The lowest BCUT2D eigenvalue weighted by Gasteiger charge is -2.30. The van der Waals surface area contributed by atoms with E-state index in [4.69, 9.17) is 4.74 Å². The summed E-state index contributed by atoms with van der Waals surface area (Å²) in [6.45, 7) is 6.46. The van der Waals surface area contributed by atoms with Gasteiger partial charge in [-0.3, -0.25) is 9.89 Å². The fourth-order valence-electron chi connectivity index (χ4n) is 2.83. The highest BCUT2D eigenvalue weighted by molar-refractivity contribution is 5.94. The molecule has 1 aliphatic rings. The van der Waals surface area contributed by atoms with Crippen LogP contribution in [0, 0.1) is 5.82 Å². The minimum atomic E-state index is -0.580. The Morgan fingerprint density at radius 1 is 1.30 bits per heavy atom. The highest BCUT2D eigenvalue weighted by Gasteiger charge is 2.30. The first-order chi connectivity index (χ1) is 12.7. The fraction of sp³-hybridized carbons (Fsp3) is 0.421. The number of H-pyrrole nitrogens is 1. The zero-order valence-electron chi connectivity index (χ0n) is 15.6. The normalized spacial score (nSPS) is 13.9. The molecule has 0 atom stereocenters. The topological polar surface area (TPSA) is 87.3 Å². The average Bonchev–Trinajstić information content (AvgIpc) is 3.02. The number of aromatic amines is 1. The molecule has 2 aromatic rings. The molecule has 3 rings (SSSR count). The number of hydrogen-bond donors (Lipinski definition) is 2. The van der Waals surface area contributed by atoms with Crippen LogP contribution in [-0.2, 0) is 24.2 Å².